The number of phenolic OH excluding ortho intramolecular Hbond substituents is 2. The van der Waals surface area contributed by atoms with Crippen molar-refractivity contribution >= 4 is 123 Å². The number of pyridine rings is 1. The van der Waals surface area contributed by atoms with Crippen LogP contribution in [0.15, 0.2) is 164 Å². The van der Waals surface area contributed by atoms with Crippen LogP contribution < -0.4 is 54.0 Å². The number of nitrogens with two attached hydrogens (primary N) is 2. The number of aromatic nitrogens is 4. The van der Waals surface area contributed by atoms with Crippen molar-refractivity contribution in [2.75, 3.05) is 45.7 Å². The standard InChI is InChI=1S/C100H124FN17O17S2/c1-11-20-67(42-59(3)119)90(126)114-82-57-137-55-65-23-18-22-64(43-65)54-136-56-81(94(130)110-77(21-12-2)88(103)125)108-86(124)53-116(8)99(135)83(46-63-28-34-70(101)35-29-63)118(10)98(134)80(45-62-32-38-73(121)39-33-62)113-92(128)79(48-69-51-106-89-74(69)26-19-41-105-89)111-91(127)75(66-24-14-13-15-25-66)50-84(122)60(4)117(9)97(133)68(47-71-52-104-58-107-71)49-85(123)76(27-16-17-40-102)109-96(132)87(100(5,6)7)115-93(129)78(112-95(82)131)44-61-30-36-72(120)37-31-61/h2,13-15,18-19,22-26,28-39,41,43,51-52,58,60,67-68,75-83,87,120-121H,11,16-17,20-21,27,40,42,44-50,53-57,102H2,1,3-10H3,(H2,103,125)(H,104,107)(H,105,106)(H,108,124)(H,109,132)(H,110,130)(H,111,127)(H,112,131)(H,113,128)(H,114,126)(H,115,129)/t60-,67+,68+,75-,76-,77-,78-,79-,80-,81-,82-,83-,87+/m0/s1. The summed E-state index contributed by atoms with van der Waals surface area (Å²) in [5.74, 6) is -13.7. The Bertz CT molecular complexity index is 5560. The maximum atomic E-state index is 15.8. The Morgan fingerprint density at radius 2 is 1.26 bits per heavy atom. The highest BCUT2D eigenvalue weighted by atomic mass is 32.2. The van der Waals surface area contributed by atoms with Gasteiger partial charge in [0.05, 0.1) is 36.8 Å². The molecule has 0 radical (unpaired) electrons. The first-order valence-electron chi connectivity index (χ1n) is 45.5. The van der Waals surface area contributed by atoms with Gasteiger partial charge in [0.1, 0.15) is 77.1 Å². The average molecular weight is 1920 g/mol. The van der Waals surface area contributed by atoms with Gasteiger partial charge in [-0.2, -0.15) is 23.5 Å². The van der Waals surface area contributed by atoms with Crippen molar-refractivity contribution in [3.05, 3.63) is 215 Å². The molecule has 4 heterocycles. The number of aromatic amines is 2. The molecule has 8 aromatic rings. The number of Topliss-reactive ketones (excluding diaryl/α,β-unsaturated/α-hetero) is 3. The van der Waals surface area contributed by atoms with Gasteiger partial charge in [-0.1, -0.05) is 125 Å². The summed E-state index contributed by atoms with van der Waals surface area (Å²) >= 11 is 2.41. The first-order chi connectivity index (χ1) is 65.3. The quantitative estimate of drug-likeness (QED) is 0.0232. The van der Waals surface area contributed by atoms with Gasteiger partial charge in [-0.15, -0.1) is 12.3 Å². The van der Waals surface area contributed by atoms with Crippen LogP contribution in [0, 0.1) is 35.4 Å². The predicted octanol–water partition coefficient (Wildman–Crippen LogP) is 5.94. The first kappa shape index (κ1) is 107. The van der Waals surface area contributed by atoms with Crippen LogP contribution in [0.25, 0.3) is 11.0 Å². The minimum absolute atomic E-state index is 0.00463. The Hall–Kier alpha value is -13.6. The van der Waals surface area contributed by atoms with Gasteiger partial charge in [-0.3, -0.25) is 67.1 Å². The largest absolute Gasteiger partial charge is 0.508 e. The van der Waals surface area contributed by atoms with Crippen LogP contribution in [0.5, 0.6) is 11.5 Å². The zero-order valence-electron chi connectivity index (χ0n) is 78.4. The molecule has 3 aromatic heterocycles. The van der Waals surface area contributed by atoms with E-state index in [4.69, 9.17) is 17.9 Å². The van der Waals surface area contributed by atoms with Crippen LogP contribution in [0.3, 0.4) is 0 Å². The van der Waals surface area contributed by atoms with Gasteiger partial charge in [-0.25, -0.2) is 14.4 Å². The zero-order chi connectivity index (χ0) is 99.7. The van der Waals surface area contributed by atoms with E-state index in [1.807, 2.05) is 19.1 Å². The van der Waals surface area contributed by atoms with E-state index in [2.05, 4.69) is 68.4 Å². The van der Waals surface area contributed by atoms with E-state index in [0.717, 1.165) is 32.4 Å². The fourth-order valence-corrected chi connectivity index (χ4v) is 18.1. The zero-order valence-corrected chi connectivity index (χ0v) is 80.0. The van der Waals surface area contributed by atoms with Gasteiger partial charge in [-0.05, 0) is 139 Å². The third kappa shape index (κ3) is 32.3. The van der Waals surface area contributed by atoms with Gasteiger partial charge in [0.25, 0.3) is 0 Å². The minimum Gasteiger partial charge on any atom is -0.508 e. The maximum absolute atomic E-state index is 15.8. The molecule has 137 heavy (non-hydrogen) atoms. The highest BCUT2D eigenvalue weighted by Gasteiger charge is 2.43. The molecule has 1 aliphatic heterocycles. The van der Waals surface area contributed by atoms with E-state index >= 15 is 47.9 Å². The fourth-order valence-electron chi connectivity index (χ4n) is 16.1. The van der Waals surface area contributed by atoms with Gasteiger partial charge in [0.2, 0.25) is 70.9 Å². The molecule has 2 bridgehead atoms. The lowest BCUT2D eigenvalue weighted by atomic mass is 9.85. The Morgan fingerprint density at radius 3 is 1.87 bits per heavy atom. The number of likely N-dealkylation sites (N-methyl/N-ethyl adjacent to an activating group) is 3. The van der Waals surface area contributed by atoms with E-state index < -0.39 is 191 Å². The number of nitrogens with one attached hydrogen (secondary N) is 10. The van der Waals surface area contributed by atoms with E-state index in [0.29, 0.717) is 69.4 Å². The third-order valence-corrected chi connectivity index (χ3v) is 26.1. The molecule has 16 N–H and O–H groups in total. The van der Waals surface area contributed by atoms with Gasteiger partial charge in [0.15, 0.2) is 11.6 Å². The van der Waals surface area contributed by atoms with E-state index in [1.165, 1.54) is 132 Å². The molecule has 0 saturated carbocycles. The van der Waals surface area contributed by atoms with Crippen molar-refractivity contribution in [3.8, 4) is 23.8 Å². The Kier molecular flexibility index (Phi) is 40.6. The smallest absolute Gasteiger partial charge is 0.245 e. The number of hydrogen-bond donors (Lipinski definition) is 14. The van der Waals surface area contributed by atoms with Gasteiger partial charge in [0, 0.05) is 138 Å². The summed E-state index contributed by atoms with van der Waals surface area (Å²) < 4.78 is 14.8. The Labute approximate surface area is 804 Å². The number of H-pyrrole nitrogens is 2. The third-order valence-electron chi connectivity index (χ3n) is 23.9. The van der Waals surface area contributed by atoms with Crippen LogP contribution >= 0.6 is 23.5 Å². The van der Waals surface area contributed by atoms with Crippen molar-refractivity contribution in [3.63, 3.8) is 0 Å². The molecule has 0 fully saturated rings. The molecule has 37 heteroatoms. The molecule has 12 amide bonds. The number of fused-ring (bicyclic) bond motifs is 3. The Balaban J connectivity index is 1.13. The molecule has 0 aliphatic carbocycles. The summed E-state index contributed by atoms with van der Waals surface area (Å²) in [7, 11) is 3.92. The number of ketones is 3. The number of benzene rings is 5. The number of amides is 12. The van der Waals surface area contributed by atoms with Crippen LogP contribution in [-0.2, 0) is 116 Å². The number of unbranched alkanes of at least 4 members (excludes halogenated alkanes) is 1. The number of imidazole rings is 1. The van der Waals surface area contributed by atoms with Crippen molar-refractivity contribution < 1.29 is 86.5 Å². The van der Waals surface area contributed by atoms with Crippen molar-refractivity contribution in [2.45, 2.75) is 209 Å². The van der Waals surface area contributed by atoms with E-state index in [-0.39, 0.29) is 105 Å². The molecular formula is C100H124FN17O17S2. The Morgan fingerprint density at radius 1 is 0.650 bits per heavy atom. The second-order valence-electron chi connectivity index (χ2n) is 35.7. The molecule has 34 nitrogen and oxygen atoms in total. The van der Waals surface area contributed by atoms with E-state index in [9.17, 15) is 38.6 Å². The number of terminal acetylenes is 1. The molecule has 13 atom stereocenters. The lowest BCUT2D eigenvalue weighted by Gasteiger charge is -2.34. The average Bonchev–Trinajstić information content (AvgIpc) is 1.81. The number of primary amides is 1. The van der Waals surface area contributed by atoms with Gasteiger partial charge < -0.3 is 93.7 Å². The van der Waals surface area contributed by atoms with Crippen LogP contribution in [-0.4, -0.2) is 239 Å². The molecule has 0 saturated heterocycles. The van der Waals surface area contributed by atoms with Crippen molar-refractivity contribution in [1.29, 1.82) is 0 Å². The molecule has 0 spiro atoms. The highest BCUT2D eigenvalue weighted by molar-refractivity contribution is 7.98. The SMILES string of the molecule is C#CC[C@H](NC(=O)[C@@H]1CSCc2cccc(c2)CSC[C@H](NC(=O)[C@H](CCC)CC(C)=O)C(=O)N[C@@H](Cc2ccc(O)cc2)C(=O)N[C@@H](C(C)(C)C)C(=O)N[C@@H](CCCCN)C(=O)C[C@@H](Cc2cnc[nH]2)C(=O)N(C)[C@@H](C)C(=O)C[C@@H](c2ccccc2)C(=O)N[C@@H](Cc2c[nH]c3ncccc23)C(=O)N[C@@H](Cc2ccc(O)cc2)C(=O)N(C)[C@@H](Cc2ccc(F)cc2)C(=O)N(C)CC(=O)N1)C(N)=O. The predicted molar refractivity (Wildman–Crippen MR) is 517 cm³/mol. The second kappa shape index (κ2) is 51.9. The van der Waals surface area contributed by atoms with E-state index in [1.54, 1.807) is 87.8 Å². The fraction of sp³-hybridized carbons (Fsp3) is 0.430. The molecule has 1 aliphatic rings. The summed E-state index contributed by atoms with van der Waals surface area (Å²) in [6.45, 7) is 9.08. The molecule has 0 unspecified atom stereocenters. The minimum atomic E-state index is -1.63. The van der Waals surface area contributed by atoms with Crippen molar-refractivity contribution in [2.24, 2.45) is 28.7 Å². The number of hydrogen-bond acceptors (Lipinski definition) is 22. The summed E-state index contributed by atoms with van der Waals surface area (Å²) in [6, 6.07) is 20.7. The van der Waals surface area contributed by atoms with Crippen LogP contribution in [0.1, 0.15) is 150 Å². The maximum Gasteiger partial charge on any atom is 0.245 e. The number of rotatable bonds is 25. The molecule has 9 rings (SSSR count). The number of phenols is 2. The van der Waals surface area contributed by atoms with Crippen LogP contribution in [0.2, 0.25) is 0 Å². The number of nitrogens with zero attached hydrogens (tertiary/aromatic N) is 5. The lowest BCUT2D eigenvalue weighted by Crippen LogP contribution is -2.61. The summed E-state index contributed by atoms with van der Waals surface area (Å²) in [5.41, 5.74) is 14.8. The summed E-state index contributed by atoms with van der Waals surface area (Å²) in [6.07, 6.45) is 10.2. The topological polar surface area (TPSA) is 512 Å². The molecule has 730 valence electrons. The molecule has 5 aromatic carbocycles. The summed E-state index contributed by atoms with van der Waals surface area (Å²) in [4.78, 5) is 241. The summed E-state index contributed by atoms with van der Waals surface area (Å²) in [5, 5.41) is 43.9. The normalized spacial score (nSPS) is 21.6. The first-order valence-corrected chi connectivity index (χ1v) is 47.8. The number of thioether (sulfide) groups is 2. The molecular weight excluding hydrogens is 1790 g/mol. The van der Waals surface area contributed by atoms with Gasteiger partial charge >= 0.3 is 0 Å². The second-order valence-corrected chi connectivity index (χ2v) is 37.7. The highest BCUT2D eigenvalue weighted by Crippen LogP contribution is 2.30. The number of aromatic hydroxyl groups is 2. The lowest BCUT2D eigenvalue weighted by molar-refractivity contribution is -0.146. The number of carbonyl (C=O) groups is 15. The monoisotopic (exact) mass is 1920 g/mol. The number of carbonyl (C=O) groups excluding carboxylic acids is 15. The van der Waals surface area contributed by atoms with Crippen LogP contribution in [0.4, 0.5) is 4.39 Å². The number of halogens is 1. The van der Waals surface area contributed by atoms with Crippen molar-refractivity contribution in [1.82, 2.24) is 77.2 Å².